The fourth-order valence-corrected chi connectivity index (χ4v) is 11.2. The standard InChI is InChI=1S/C82H60N2/c1-5-17-61(18-6-1)29-33-65-37-49-71(50-38-65)83(72-51-39-66(40-52-72)34-30-62-19-7-2-8-20-62)75-57-45-69(46-58-75)81-77-25-13-15-27-79(77)82(80-28-16-14-26-78(80)81)70-47-59-76(60-48-70)84(73-53-41-67(42-54-73)35-31-63-21-9-3-10-22-63)74-55-43-68(44-56-74)36-32-64-23-11-4-12-24-64/h1-60H/b33-29+,34-30+,35-31+,36-32+. The van der Waals surface area contributed by atoms with Gasteiger partial charge < -0.3 is 9.80 Å². The molecule has 13 rings (SSSR count). The van der Waals surface area contributed by atoms with Gasteiger partial charge in [0.2, 0.25) is 0 Å². The van der Waals surface area contributed by atoms with E-state index in [-0.39, 0.29) is 0 Å². The van der Waals surface area contributed by atoms with E-state index in [1.165, 1.54) is 54.9 Å². The van der Waals surface area contributed by atoms with Crippen molar-refractivity contribution in [3.05, 3.63) is 360 Å². The number of hydrogen-bond acceptors (Lipinski definition) is 2. The molecule has 0 aliphatic rings. The fraction of sp³-hybridized carbons (Fsp3) is 0. The predicted molar refractivity (Wildman–Crippen MR) is 363 cm³/mol. The summed E-state index contributed by atoms with van der Waals surface area (Å²) in [6.07, 6.45) is 17.4. The number of fused-ring (bicyclic) bond motifs is 2. The lowest BCUT2D eigenvalue weighted by molar-refractivity contribution is 1.28. The third-order valence-corrected chi connectivity index (χ3v) is 15.4. The maximum absolute atomic E-state index is 2.35. The Morgan fingerprint density at radius 1 is 0.155 bits per heavy atom. The van der Waals surface area contributed by atoms with Crippen molar-refractivity contribution in [2.24, 2.45) is 0 Å². The minimum atomic E-state index is 1.07. The molecule has 0 aliphatic carbocycles. The summed E-state index contributed by atoms with van der Waals surface area (Å²) in [5.74, 6) is 0. The van der Waals surface area contributed by atoms with Gasteiger partial charge in [-0.05, 0) is 161 Å². The summed E-state index contributed by atoms with van der Waals surface area (Å²) >= 11 is 0. The Kier molecular flexibility index (Phi) is 15.4. The van der Waals surface area contributed by atoms with E-state index < -0.39 is 0 Å². The third kappa shape index (κ3) is 11.9. The van der Waals surface area contributed by atoms with Crippen LogP contribution in [0.25, 0.3) is 92.4 Å². The molecule has 0 spiro atoms. The molecule has 0 saturated heterocycles. The van der Waals surface area contributed by atoms with E-state index >= 15 is 0 Å². The number of rotatable bonds is 16. The molecule has 2 heteroatoms. The molecule has 13 aromatic rings. The molecule has 84 heavy (non-hydrogen) atoms. The SMILES string of the molecule is C(=C\c1ccc(N(c2ccc(/C=C/c3ccccc3)cc2)c2ccc(-c3c4ccccc4c(-c4ccc(N(c5ccc(/C=C/c6ccccc6)cc5)c5ccc(/C=C/c6ccccc6)cc5)cc4)c4ccccc34)cc2)cc1)/c1ccccc1. The Bertz CT molecular complexity index is 3900. The second-order valence-electron chi connectivity index (χ2n) is 20.9. The van der Waals surface area contributed by atoms with Crippen LogP contribution in [0.2, 0.25) is 0 Å². The molecule has 0 bridgehead atoms. The minimum Gasteiger partial charge on any atom is -0.311 e. The van der Waals surface area contributed by atoms with Crippen molar-refractivity contribution >= 4 is 104 Å². The van der Waals surface area contributed by atoms with Gasteiger partial charge in [0.05, 0.1) is 0 Å². The molecule has 0 heterocycles. The molecule has 398 valence electrons. The van der Waals surface area contributed by atoms with Gasteiger partial charge in [-0.3, -0.25) is 0 Å². The predicted octanol–water partition coefficient (Wildman–Crippen LogP) is 22.9. The maximum Gasteiger partial charge on any atom is 0.0462 e. The summed E-state index contributed by atoms with van der Waals surface area (Å²) < 4.78 is 0. The van der Waals surface area contributed by atoms with E-state index in [9.17, 15) is 0 Å². The van der Waals surface area contributed by atoms with Gasteiger partial charge in [-0.2, -0.15) is 0 Å². The molecule has 0 aromatic heterocycles. The van der Waals surface area contributed by atoms with E-state index in [0.29, 0.717) is 0 Å². The zero-order chi connectivity index (χ0) is 56.3. The average molecular weight is 1070 g/mol. The van der Waals surface area contributed by atoms with Crippen LogP contribution in [0.5, 0.6) is 0 Å². The van der Waals surface area contributed by atoms with Gasteiger partial charge >= 0.3 is 0 Å². The van der Waals surface area contributed by atoms with Gasteiger partial charge in [0, 0.05) is 34.1 Å². The third-order valence-electron chi connectivity index (χ3n) is 15.4. The first-order chi connectivity index (χ1) is 41.6. The van der Waals surface area contributed by atoms with Gasteiger partial charge in [-0.1, -0.05) is 291 Å². The maximum atomic E-state index is 2.35. The van der Waals surface area contributed by atoms with Crippen LogP contribution >= 0.6 is 0 Å². The highest BCUT2D eigenvalue weighted by molar-refractivity contribution is 6.21. The highest BCUT2D eigenvalue weighted by Crippen LogP contribution is 2.46. The summed E-state index contributed by atoms with van der Waals surface area (Å²) in [6.45, 7) is 0. The summed E-state index contributed by atoms with van der Waals surface area (Å²) in [6, 6.07) is 113. The molecule has 0 N–H and O–H groups in total. The Balaban J connectivity index is 0.842. The number of anilines is 6. The molecule has 0 atom stereocenters. The smallest absolute Gasteiger partial charge is 0.0462 e. The van der Waals surface area contributed by atoms with E-state index in [4.69, 9.17) is 0 Å². The van der Waals surface area contributed by atoms with Crippen LogP contribution < -0.4 is 9.80 Å². The Hall–Kier alpha value is -11.1. The van der Waals surface area contributed by atoms with Gasteiger partial charge in [-0.15, -0.1) is 0 Å². The van der Waals surface area contributed by atoms with E-state index in [2.05, 4.69) is 374 Å². The van der Waals surface area contributed by atoms with E-state index in [1.54, 1.807) is 0 Å². The van der Waals surface area contributed by atoms with Gasteiger partial charge in [0.15, 0.2) is 0 Å². The second-order valence-corrected chi connectivity index (χ2v) is 20.9. The quantitative estimate of drug-likeness (QED) is 0.0703. The van der Waals surface area contributed by atoms with E-state index in [0.717, 1.165) is 67.5 Å². The first-order valence-corrected chi connectivity index (χ1v) is 28.7. The van der Waals surface area contributed by atoms with Crippen LogP contribution in [0.4, 0.5) is 34.1 Å². The molecule has 0 fully saturated rings. The molecule has 13 aromatic carbocycles. The van der Waals surface area contributed by atoms with Crippen molar-refractivity contribution in [3.8, 4) is 22.3 Å². The number of nitrogens with zero attached hydrogens (tertiary/aromatic N) is 2. The fourth-order valence-electron chi connectivity index (χ4n) is 11.2. The van der Waals surface area contributed by atoms with Crippen molar-refractivity contribution in [2.75, 3.05) is 9.80 Å². The second kappa shape index (κ2) is 24.8. The summed E-state index contributed by atoms with van der Waals surface area (Å²) in [7, 11) is 0. The highest BCUT2D eigenvalue weighted by atomic mass is 15.1. The van der Waals surface area contributed by atoms with Crippen LogP contribution in [0.15, 0.2) is 315 Å². The zero-order valence-corrected chi connectivity index (χ0v) is 46.5. The van der Waals surface area contributed by atoms with Crippen molar-refractivity contribution in [1.29, 1.82) is 0 Å². The Labute approximate surface area is 493 Å². The van der Waals surface area contributed by atoms with Gasteiger partial charge in [0.1, 0.15) is 0 Å². The van der Waals surface area contributed by atoms with Crippen LogP contribution in [-0.4, -0.2) is 0 Å². The van der Waals surface area contributed by atoms with Gasteiger partial charge in [-0.25, -0.2) is 0 Å². The molecule has 2 nitrogen and oxygen atoms in total. The van der Waals surface area contributed by atoms with Crippen molar-refractivity contribution in [3.63, 3.8) is 0 Å². The van der Waals surface area contributed by atoms with Crippen LogP contribution in [0.1, 0.15) is 44.5 Å². The lowest BCUT2D eigenvalue weighted by Gasteiger charge is -2.26. The Morgan fingerprint density at radius 3 is 0.524 bits per heavy atom. The van der Waals surface area contributed by atoms with Crippen molar-refractivity contribution < 1.29 is 0 Å². The summed E-state index contributed by atoms with van der Waals surface area (Å²) in [5, 5.41) is 4.84. The molecule has 0 amide bonds. The minimum absolute atomic E-state index is 1.07. The lowest BCUT2D eigenvalue weighted by Crippen LogP contribution is -2.10. The van der Waals surface area contributed by atoms with Crippen LogP contribution in [0.3, 0.4) is 0 Å². The van der Waals surface area contributed by atoms with Crippen LogP contribution in [-0.2, 0) is 0 Å². The molecule has 0 unspecified atom stereocenters. The van der Waals surface area contributed by atoms with Crippen LogP contribution in [0, 0.1) is 0 Å². The topological polar surface area (TPSA) is 6.48 Å². The van der Waals surface area contributed by atoms with Gasteiger partial charge in [0.25, 0.3) is 0 Å². The summed E-state index contributed by atoms with van der Waals surface area (Å²) in [4.78, 5) is 4.70. The Morgan fingerprint density at radius 2 is 0.321 bits per heavy atom. The normalized spacial score (nSPS) is 11.6. The first-order valence-electron chi connectivity index (χ1n) is 28.7. The highest BCUT2D eigenvalue weighted by Gasteiger charge is 2.20. The number of hydrogen-bond donors (Lipinski definition) is 0. The molecule has 0 saturated carbocycles. The van der Waals surface area contributed by atoms with Crippen molar-refractivity contribution in [1.82, 2.24) is 0 Å². The molecule has 0 aliphatic heterocycles. The monoisotopic (exact) mass is 1070 g/mol. The van der Waals surface area contributed by atoms with E-state index in [1.807, 2.05) is 0 Å². The molecular weight excluding hydrogens is 1010 g/mol. The zero-order valence-electron chi connectivity index (χ0n) is 46.5. The molecular formula is C82H60N2. The molecule has 0 radical (unpaired) electrons. The largest absolute Gasteiger partial charge is 0.311 e. The lowest BCUT2D eigenvalue weighted by atomic mass is 9.86. The first kappa shape index (κ1) is 52.3. The number of benzene rings is 13. The average Bonchev–Trinajstić information content (AvgIpc) is 3.48. The summed E-state index contributed by atoms with van der Waals surface area (Å²) in [5.41, 5.74) is 20.5. The van der Waals surface area contributed by atoms with Crippen molar-refractivity contribution in [2.45, 2.75) is 0 Å².